The van der Waals surface area contributed by atoms with Gasteiger partial charge in [0, 0.05) is 29.0 Å². The molecule has 2 amide bonds. The first-order valence-corrected chi connectivity index (χ1v) is 11.2. The zero-order valence-corrected chi connectivity index (χ0v) is 19.5. The predicted molar refractivity (Wildman–Crippen MR) is 136 cm³/mol. The van der Waals surface area contributed by atoms with Gasteiger partial charge in [-0.1, -0.05) is 31.2 Å². The Kier molecular flexibility index (Phi) is 8.55. The van der Waals surface area contributed by atoms with E-state index in [-0.39, 0.29) is 16.9 Å². The molecule has 0 spiro atoms. The highest BCUT2D eigenvalue weighted by molar-refractivity contribution is 7.80. The maximum atomic E-state index is 13.1. The Hall–Kier alpha value is -3.71. The molecule has 3 aromatic carbocycles. The van der Waals surface area contributed by atoms with Crippen LogP contribution in [-0.2, 0) is 0 Å². The number of ether oxygens (including phenoxy) is 1. The van der Waals surface area contributed by atoms with Gasteiger partial charge in [-0.25, -0.2) is 0 Å². The standard InChI is InChI=1S/C26H27N3O3S/c1-3-17-32-23-15-13-19(14-16-23)24(30)28-26(33)27-21-10-8-9-20(18-21)25(31)29(4-2)22-11-6-5-7-12-22/h5-16,18H,3-4,17H2,1-2H3,(H2,27,28,30,33). The van der Waals surface area contributed by atoms with Gasteiger partial charge < -0.3 is 15.0 Å². The number of benzene rings is 3. The molecule has 0 saturated heterocycles. The molecule has 0 radical (unpaired) electrons. The third kappa shape index (κ3) is 6.63. The van der Waals surface area contributed by atoms with Crippen molar-refractivity contribution in [2.24, 2.45) is 0 Å². The van der Waals surface area contributed by atoms with Crippen molar-refractivity contribution in [3.05, 3.63) is 90.0 Å². The molecule has 7 heteroatoms. The molecule has 0 aliphatic heterocycles. The van der Waals surface area contributed by atoms with Crippen LogP contribution in [0.1, 0.15) is 41.0 Å². The fourth-order valence-electron chi connectivity index (χ4n) is 3.20. The number of rotatable bonds is 8. The second-order valence-electron chi connectivity index (χ2n) is 7.25. The van der Waals surface area contributed by atoms with Gasteiger partial charge in [-0.05, 0) is 80.2 Å². The van der Waals surface area contributed by atoms with Crippen LogP contribution < -0.4 is 20.3 Å². The fraction of sp³-hybridized carbons (Fsp3) is 0.192. The van der Waals surface area contributed by atoms with E-state index in [2.05, 4.69) is 10.6 Å². The van der Waals surface area contributed by atoms with E-state index in [0.717, 1.165) is 12.1 Å². The van der Waals surface area contributed by atoms with E-state index in [1.807, 2.05) is 44.2 Å². The van der Waals surface area contributed by atoms with E-state index < -0.39 is 0 Å². The topological polar surface area (TPSA) is 70.7 Å². The lowest BCUT2D eigenvalue weighted by Crippen LogP contribution is -2.34. The summed E-state index contributed by atoms with van der Waals surface area (Å²) in [7, 11) is 0. The van der Waals surface area contributed by atoms with Crippen molar-refractivity contribution < 1.29 is 14.3 Å². The summed E-state index contributed by atoms with van der Waals surface area (Å²) < 4.78 is 5.53. The molecule has 3 rings (SSSR count). The van der Waals surface area contributed by atoms with Crippen molar-refractivity contribution in [2.75, 3.05) is 23.4 Å². The van der Waals surface area contributed by atoms with Gasteiger partial charge in [-0.15, -0.1) is 0 Å². The molecule has 170 valence electrons. The Morgan fingerprint density at radius 1 is 0.909 bits per heavy atom. The average Bonchev–Trinajstić information content (AvgIpc) is 2.84. The molecule has 0 aliphatic carbocycles. The van der Waals surface area contributed by atoms with Crippen molar-refractivity contribution in [1.82, 2.24) is 5.32 Å². The molecule has 0 unspecified atom stereocenters. The van der Waals surface area contributed by atoms with E-state index in [0.29, 0.717) is 35.7 Å². The predicted octanol–water partition coefficient (Wildman–Crippen LogP) is 5.27. The number of nitrogens with one attached hydrogen (secondary N) is 2. The number of hydrogen-bond donors (Lipinski definition) is 2. The van der Waals surface area contributed by atoms with Crippen LogP contribution in [0.4, 0.5) is 11.4 Å². The van der Waals surface area contributed by atoms with E-state index in [1.165, 1.54) is 0 Å². The normalized spacial score (nSPS) is 10.2. The lowest BCUT2D eigenvalue weighted by Gasteiger charge is -2.21. The molecule has 33 heavy (non-hydrogen) atoms. The molecule has 0 bridgehead atoms. The first-order chi connectivity index (χ1) is 16.0. The van der Waals surface area contributed by atoms with E-state index in [1.54, 1.807) is 53.4 Å². The summed E-state index contributed by atoms with van der Waals surface area (Å²) in [6.07, 6.45) is 0.914. The summed E-state index contributed by atoms with van der Waals surface area (Å²) in [5.41, 5.74) is 2.42. The van der Waals surface area contributed by atoms with Gasteiger partial charge in [-0.3, -0.25) is 14.9 Å². The minimum absolute atomic E-state index is 0.118. The molecular weight excluding hydrogens is 434 g/mol. The van der Waals surface area contributed by atoms with E-state index >= 15 is 0 Å². The van der Waals surface area contributed by atoms with Gasteiger partial charge in [0.25, 0.3) is 11.8 Å². The Bertz CT molecular complexity index is 1100. The number of nitrogens with zero attached hydrogens (tertiary/aromatic N) is 1. The van der Waals surface area contributed by atoms with Crippen molar-refractivity contribution in [3.8, 4) is 5.75 Å². The van der Waals surface area contributed by atoms with Gasteiger partial charge in [0.05, 0.1) is 6.61 Å². The van der Waals surface area contributed by atoms with Crippen LogP contribution in [0.2, 0.25) is 0 Å². The highest BCUT2D eigenvalue weighted by Gasteiger charge is 2.16. The van der Waals surface area contributed by atoms with Crippen LogP contribution in [-0.4, -0.2) is 30.1 Å². The van der Waals surface area contributed by atoms with E-state index in [4.69, 9.17) is 17.0 Å². The number of carbonyl (C=O) groups excluding carboxylic acids is 2. The third-order valence-electron chi connectivity index (χ3n) is 4.81. The summed E-state index contributed by atoms with van der Waals surface area (Å²) in [5.74, 6) is 0.267. The molecule has 3 aromatic rings. The Balaban J connectivity index is 1.63. The number of anilines is 2. The molecule has 2 N–H and O–H groups in total. The fourth-order valence-corrected chi connectivity index (χ4v) is 3.41. The van der Waals surface area contributed by atoms with Crippen LogP contribution in [0, 0.1) is 0 Å². The van der Waals surface area contributed by atoms with Gasteiger partial charge in [0.15, 0.2) is 5.11 Å². The summed E-state index contributed by atoms with van der Waals surface area (Å²) >= 11 is 5.29. The van der Waals surface area contributed by atoms with Crippen LogP contribution in [0.5, 0.6) is 5.75 Å². The first-order valence-electron chi connectivity index (χ1n) is 10.8. The number of carbonyl (C=O) groups is 2. The SMILES string of the molecule is CCCOc1ccc(C(=O)NC(=S)Nc2cccc(C(=O)N(CC)c3ccccc3)c2)cc1. The van der Waals surface area contributed by atoms with Gasteiger partial charge in [-0.2, -0.15) is 0 Å². The molecule has 0 aromatic heterocycles. The lowest BCUT2D eigenvalue weighted by atomic mass is 10.1. The minimum Gasteiger partial charge on any atom is -0.494 e. The summed E-state index contributed by atoms with van der Waals surface area (Å²) in [6.45, 7) is 5.13. The van der Waals surface area contributed by atoms with Crippen molar-refractivity contribution in [1.29, 1.82) is 0 Å². The zero-order valence-electron chi connectivity index (χ0n) is 18.7. The third-order valence-corrected chi connectivity index (χ3v) is 5.02. The quantitative estimate of drug-likeness (QED) is 0.447. The van der Waals surface area contributed by atoms with Gasteiger partial charge >= 0.3 is 0 Å². The second-order valence-corrected chi connectivity index (χ2v) is 7.66. The monoisotopic (exact) mass is 461 g/mol. The molecule has 0 atom stereocenters. The minimum atomic E-state index is -0.331. The lowest BCUT2D eigenvalue weighted by molar-refractivity contribution is 0.0973. The second kappa shape index (κ2) is 11.8. The van der Waals surface area contributed by atoms with Crippen LogP contribution in [0.3, 0.4) is 0 Å². The van der Waals surface area contributed by atoms with Gasteiger partial charge in [0.1, 0.15) is 5.75 Å². The molecule has 0 aliphatic rings. The summed E-state index contributed by atoms with van der Waals surface area (Å²) in [5, 5.41) is 5.78. The molecule has 6 nitrogen and oxygen atoms in total. The smallest absolute Gasteiger partial charge is 0.258 e. The summed E-state index contributed by atoms with van der Waals surface area (Å²) in [6, 6.07) is 23.4. The largest absolute Gasteiger partial charge is 0.494 e. The maximum Gasteiger partial charge on any atom is 0.258 e. The zero-order chi connectivity index (χ0) is 23.6. The van der Waals surface area contributed by atoms with Crippen LogP contribution >= 0.6 is 12.2 Å². The van der Waals surface area contributed by atoms with Crippen molar-refractivity contribution >= 4 is 40.5 Å². The van der Waals surface area contributed by atoms with E-state index in [9.17, 15) is 9.59 Å². The number of hydrogen-bond acceptors (Lipinski definition) is 4. The maximum absolute atomic E-state index is 13.1. The summed E-state index contributed by atoms with van der Waals surface area (Å²) in [4.78, 5) is 27.2. The first kappa shape index (κ1) is 23.9. The Morgan fingerprint density at radius 3 is 2.30 bits per heavy atom. The van der Waals surface area contributed by atoms with Crippen LogP contribution in [0.25, 0.3) is 0 Å². The molecule has 0 fully saturated rings. The number of amides is 2. The Labute approximate surface area is 199 Å². The average molecular weight is 462 g/mol. The van der Waals surface area contributed by atoms with Gasteiger partial charge in [0.2, 0.25) is 0 Å². The molecular formula is C26H27N3O3S. The van der Waals surface area contributed by atoms with Crippen molar-refractivity contribution in [2.45, 2.75) is 20.3 Å². The van der Waals surface area contributed by atoms with Crippen LogP contribution in [0.15, 0.2) is 78.9 Å². The number of thiocarbonyl (C=S) groups is 1. The highest BCUT2D eigenvalue weighted by Crippen LogP contribution is 2.19. The molecule has 0 saturated carbocycles. The Morgan fingerprint density at radius 2 is 1.64 bits per heavy atom. The number of para-hydroxylation sites is 1. The van der Waals surface area contributed by atoms with Crippen molar-refractivity contribution in [3.63, 3.8) is 0 Å². The highest BCUT2D eigenvalue weighted by atomic mass is 32.1. The molecule has 0 heterocycles.